The first-order chi connectivity index (χ1) is 23.1. The number of carbonyl (C=O) groups is 4. The van der Waals surface area contributed by atoms with E-state index in [9.17, 15) is 27.6 Å². The van der Waals surface area contributed by atoms with Crippen molar-refractivity contribution in [3.05, 3.63) is 29.4 Å². The number of hydrogen-bond acceptors (Lipinski definition) is 10. The molecule has 14 nitrogen and oxygen atoms in total. The van der Waals surface area contributed by atoms with Crippen molar-refractivity contribution in [1.29, 1.82) is 0 Å². The maximum Gasteiger partial charge on any atom is 0.408 e. The molecule has 3 fully saturated rings. The average molecular weight is 736 g/mol. The molecule has 3 N–H and O–H groups in total. The molecule has 16 heteroatoms. The van der Waals surface area contributed by atoms with Gasteiger partial charge in [0.2, 0.25) is 27.7 Å². The smallest absolute Gasteiger partial charge is 0.408 e. The van der Waals surface area contributed by atoms with Crippen LogP contribution in [-0.4, -0.2) is 90.3 Å². The Balaban J connectivity index is 1.45. The summed E-state index contributed by atoms with van der Waals surface area (Å²) in [6.45, 7) is 12.1. The molecule has 5 atom stereocenters. The molecule has 274 valence electrons. The Kier molecular flexibility index (Phi) is 10.00. The Bertz CT molecular complexity index is 1800. The number of benzene rings is 1. The molecule has 0 spiro atoms. The van der Waals surface area contributed by atoms with Crippen molar-refractivity contribution in [1.82, 2.24) is 25.2 Å². The lowest BCUT2D eigenvalue weighted by atomic mass is 9.85. The zero-order valence-corrected chi connectivity index (χ0v) is 31.2. The van der Waals surface area contributed by atoms with Gasteiger partial charge in [-0.1, -0.05) is 39.3 Å². The Morgan fingerprint density at radius 2 is 1.74 bits per heavy atom. The molecule has 2 saturated carbocycles. The number of ether oxygens (including phenoxy) is 3. The van der Waals surface area contributed by atoms with Gasteiger partial charge in [0, 0.05) is 22.2 Å². The second kappa shape index (κ2) is 13.4. The van der Waals surface area contributed by atoms with Crippen molar-refractivity contribution < 1.29 is 41.8 Å². The minimum atomic E-state index is -3.87. The number of nitrogens with one attached hydrogen (secondary N) is 3. The predicted molar refractivity (Wildman–Crippen MR) is 185 cm³/mol. The number of sulfonamides is 1. The first-order valence-electron chi connectivity index (χ1n) is 16.6. The minimum Gasteiger partial charge on any atom is -0.494 e. The molecule has 1 aliphatic heterocycles. The van der Waals surface area contributed by atoms with Gasteiger partial charge < -0.3 is 29.7 Å². The molecule has 4 amide bonds. The van der Waals surface area contributed by atoms with Crippen LogP contribution >= 0.6 is 11.6 Å². The molecule has 2 aromatic rings. The van der Waals surface area contributed by atoms with Crippen LogP contribution in [-0.2, 0) is 29.1 Å². The van der Waals surface area contributed by atoms with Gasteiger partial charge in [0.05, 0.1) is 25.1 Å². The largest absolute Gasteiger partial charge is 0.494 e. The number of aromatic nitrogens is 1. The molecule has 1 saturated heterocycles. The van der Waals surface area contributed by atoms with Crippen molar-refractivity contribution >= 4 is 56.2 Å². The van der Waals surface area contributed by atoms with E-state index >= 15 is 0 Å². The van der Waals surface area contributed by atoms with Crippen molar-refractivity contribution in [3.8, 4) is 11.6 Å². The van der Waals surface area contributed by atoms with Gasteiger partial charge in [0.1, 0.15) is 35.1 Å². The number of fused-ring (bicyclic) bond motifs is 1. The molecule has 0 radical (unpaired) electrons. The number of alkyl carbamates (subject to hydrolysis) is 1. The number of halogens is 1. The summed E-state index contributed by atoms with van der Waals surface area (Å²) in [5.74, 6) is -1.68. The summed E-state index contributed by atoms with van der Waals surface area (Å²) in [5.41, 5.74) is -3.11. The molecule has 1 unspecified atom stereocenters. The van der Waals surface area contributed by atoms with E-state index in [1.54, 1.807) is 66.7 Å². The Morgan fingerprint density at radius 1 is 1.08 bits per heavy atom. The maximum absolute atomic E-state index is 14.4. The van der Waals surface area contributed by atoms with Gasteiger partial charge in [0.25, 0.3) is 5.91 Å². The summed E-state index contributed by atoms with van der Waals surface area (Å²) in [6.07, 6.45) is 1.10. The molecule has 2 heterocycles. The monoisotopic (exact) mass is 735 g/mol. The van der Waals surface area contributed by atoms with Crippen molar-refractivity contribution in [2.45, 2.75) is 109 Å². The highest BCUT2D eigenvalue weighted by Gasteiger charge is 2.61. The summed E-state index contributed by atoms with van der Waals surface area (Å²) in [7, 11) is -2.35. The van der Waals surface area contributed by atoms with Gasteiger partial charge in [0.15, 0.2) is 0 Å². The molecular formula is C34H46ClN5O9S. The quantitative estimate of drug-likeness (QED) is 0.326. The number of likely N-dealkylation sites (tertiary alicyclic amines) is 1. The fourth-order valence-electron chi connectivity index (χ4n) is 6.15. The molecule has 1 aromatic carbocycles. The zero-order valence-electron chi connectivity index (χ0n) is 29.6. The van der Waals surface area contributed by atoms with Crippen LogP contribution in [0.4, 0.5) is 4.79 Å². The molecule has 5 rings (SSSR count). The molecule has 1 aromatic heterocycles. The highest BCUT2D eigenvalue weighted by molar-refractivity contribution is 7.91. The van der Waals surface area contributed by atoms with Crippen molar-refractivity contribution in [2.75, 3.05) is 13.7 Å². The lowest BCUT2D eigenvalue weighted by Crippen LogP contribution is -2.60. The van der Waals surface area contributed by atoms with Crippen LogP contribution in [0.2, 0.25) is 5.02 Å². The van der Waals surface area contributed by atoms with Crippen LogP contribution in [0.25, 0.3) is 10.8 Å². The van der Waals surface area contributed by atoms with Crippen molar-refractivity contribution in [3.63, 3.8) is 0 Å². The van der Waals surface area contributed by atoms with E-state index in [1.165, 1.54) is 18.2 Å². The van der Waals surface area contributed by atoms with Gasteiger partial charge in [-0.05, 0) is 69.6 Å². The third-order valence-electron chi connectivity index (χ3n) is 9.16. The molecule has 0 bridgehead atoms. The molecule has 3 aliphatic rings. The summed E-state index contributed by atoms with van der Waals surface area (Å²) in [4.78, 5) is 60.5. The topological polar surface area (TPSA) is 182 Å². The zero-order chi connectivity index (χ0) is 37.0. The van der Waals surface area contributed by atoms with E-state index in [2.05, 4.69) is 20.3 Å². The molecule has 2 aliphatic carbocycles. The molecule has 50 heavy (non-hydrogen) atoms. The Labute approximate surface area is 297 Å². The van der Waals surface area contributed by atoms with Crippen LogP contribution in [0.3, 0.4) is 0 Å². The van der Waals surface area contributed by atoms with Gasteiger partial charge in [-0.25, -0.2) is 18.2 Å². The van der Waals surface area contributed by atoms with Crippen LogP contribution in [0.1, 0.15) is 74.1 Å². The lowest BCUT2D eigenvalue weighted by molar-refractivity contribution is -0.143. The number of carbonyl (C=O) groups excluding carboxylic acids is 4. The Hall–Kier alpha value is -3.85. The highest BCUT2D eigenvalue weighted by atomic mass is 35.5. The van der Waals surface area contributed by atoms with Crippen molar-refractivity contribution in [2.24, 2.45) is 11.3 Å². The standard InChI is InChI=1S/C34H46ClN5O9S/c1-18-15-34(18,30(43)39-50(45,46)21-10-11-21)38-27(41)24-14-20(48-28-23-13-19(35)9-12-22(23)25(47-8)16-36-28)17-40(24)29(42)26(32(2,3)4)37-31(44)49-33(5,6)7/h9,12-13,16,18,20-21,24,26H,10-11,14-15,17H2,1-8H3,(H,37,44)(H,38,41)(H,39,43)/t18?,20-,24+,26-,34-/m1/s1. The summed E-state index contributed by atoms with van der Waals surface area (Å²) < 4.78 is 44.6. The van der Waals surface area contributed by atoms with Crippen LogP contribution < -0.4 is 24.8 Å². The second-order valence-corrected chi connectivity index (χ2v) is 17.9. The van der Waals surface area contributed by atoms with Gasteiger partial charge in [-0.2, -0.15) is 0 Å². The van der Waals surface area contributed by atoms with E-state index < -0.39 is 73.8 Å². The SMILES string of the molecule is COc1cnc(O[C@@H]2C[C@@H](C(=O)N[C@]3(C(=O)NS(=O)(=O)C4CC4)CC3C)N(C(=O)[C@@H](NC(=O)OC(C)(C)C)C(C)(C)C)C2)c2cc(Cl)ccc12. The van der Waals surface area contributed by atoms with E-state index in [0.717, 1.165) is 0 Å². The number of amides is 4. The fourth-order valence-corrected chi connectivity index (χ4v) is 7.69. The fraction of sp³-hybridized carbons (Fsp3) is 0.618. The van der Waals surface area contributed by atoms with Crippen LogP contribution in [0.5, 0.6) is 11.6 Å². The first kappa shape index (κ1) is 37.4. The Morgan fingerprint density at radius 3 is 2.30 bits per heavy atom. The van der Waals surface area contributed by atoms with E-state index in [-0.39, 0.29) is 31.2 Å². The van der Waals surface area contributed by atoms with Gasteiger partial charge in [-0.15, -0.1) is 0 Å². The van der Waals surface area contributed by atoms with Gasteiger partial charge >= 0.3 is 6.09 Å². The minimum absolute atomic E-state index is 0.00307. The van der Waals surface area contributed by atoms with E-state index in [4.69, 9.17) is 25.8 Å². The third kappa shape index (κ3) is 8.03. The molecular weight excluding hydrogens is 690 g/mol. The van der Waals surface area contributed by atoms with E-state index in [1.807, 2.05) is 0 Å². The average Bonchev–Trinajstić information content (AvgIpc) is 3.92. The number of nitrogens with zero attached hydrogens (tertiary/aromatic N) is 2. The van der Waals surface area contributed by atoms with Gasteiger partial charge in [-0.3, -0.25) is 19.1 Å². The normalized spacial score (nSPS) is 24.3. The summed E-state index contributed by atoms with van der Waals surface area (Å²) >= 11 is 6.31. The number of methoxy groups -OCH3 is 1. The highest BCUT2D eigenvalue weighted by Crippen LogP contribution is 2.44. The van der Waals surface area contributed by atoms with E-state index in [0.29, 0.717) is 34.4 Å². The number of hydrogen-bond donors (Lipinski definition) is 3. The van der Waals surface area contributed by atoms with Crippen LogP contribution in [0.15, 0.2) is 24.4 Å². The summed E-state index contributed by atoms with van der Waals surface area (Å²) in [6, 6.07) is 2.88. The second-order valence-electron chi connectivity index (χ2n) is 15.5. The number of rotatable bonds is 10. The predicted octanol–water partition coefficient (Wildman–Crippen LogP) is 3.69. The lowest BCUT2D eigenvalue weighted by Gasteiger charge is -2.36. The first-order valence-corrected chi connectivity index (χ1v) is 18.5. The number of pyridine rings is 1. The third-order valence-corrected chi connectivity index (χ3v) is 11.2. The maximum atomic E-state index is 14.4. The summed E-state index contributed by atoms with van der Waals surface area (Å²) in [5, 5.41) is 6.53. The van der Waals surface area contributed by atoms with Crippen LogP contribution in [0, 0.1) is 11.3 Å².